The van der Waals surface area contributed by atoms with Crippen LogP contribution in [0.3, 0.4) is 0 Å². The summed E-state index contributed by atoms with van der Waals surface area (Å²) in [6, 6.07) is 10.2. The van der Waals surface area contributed by atoms with Gasteiger partial charge in [-0.3, -0.25) is 10.1 Å². The second-order valence-corrected chi connectivity index (χ2v) is 9.07. The molecular formula is C18H15N5OS3. The van der Waals surface area contributed by atoms with Gasteiger partial charge < -0.3 is 0 Å². The molecule has 0 aliphatic rings. The van der Waals surface area contributed by atoms with Crippen LogP contribution in [0.25, 0.3) is 21.3 Å². The number of aryl methyl sites for hydroxylation is 2. The first-order chi connectivity index (χ1) is 13.1. The zero-order chi connectivity index (χ0) is 18.8. The third kappa shape index (κ3) is 3.85. The van der Waals surface area contributed by atoms with Crippen LogP contribution in [0, 0.1) is 13.8 Å². The van der Waals surface area contributed by atoms with Crippen molar-refractivity contribution in [3.63, 3.8) is 0 Å². The van der Waals surface area contributed by atoms with E-state index in [1.54, 1.807) is 17.7 Å². The zero-order valence-electron chi connectivity index (χ0n) is 14.6. The SMILES string of the molecule is Cc1nnc(NC(=O)CSc2ncnc3sc(C)c(-c4ccccc4)c23)s1. The number of nitrogens with one attached hydrogen (secondary N) is 1. The molecule has 6 nitrogen and oxygen atoms in total. The van der Waals surface area contributed by atoms with Gasteiger partial charge in [0, 0.05) is 10.4 Å². The zero-order valence-corrected chi connectivity index (χ0v) is 17.0. The molecule has 1 amide bonds. The van der Waals surface area contributed by atoms with E-state index >= 15 is 0 Å². The first kappa shape index (κ1) is 18.0. The average Bonchev–Trinajstić information content (AvgIpc) is 3.22. The van der Waals surface area contributed by atoms with Crippen molar-refractivity contribution < 1.29 is 4.79 Å². The van der Waals surface area contributed by atoms with Gasteiger partial charge in [-0.05, 0) is 19.4 Å². The van der Waals surface area contributed by atoms with Gasteiger partial charge >= 0.3 is 0 Å². The van der Waals surface area contributed by atoms with E-state index in [0.29, 0.717) is 5.13 Å². The minimum Gasteiger partial charge on any atom is -0.300 e. The Balaban J connectivity index is 1.61. The lowest BCUT2D eigenvalue weighted by Gasteiger charge is -2.06. The molecule has 0 aliphatic heterocycles. The van der Waals surface area contributed by atoms with Gasteiger partial charge in [-0.15, -0.1) is 21.5 Å². The lowest BCUT2D eigenvalue weighted by atomic mass is 10.0. The first-order valence-corrected chi connectivity index (χ1v) is 10.8. The number of nitrogens with zero attached hydrogens (tertiary/aromatic N) is 4. The summed E-state index contributed by atoms with van der Waals surface area (Å²) in [5.41, 5.74) is 2.27. The molecule has 0 atom stereocenters. The highest BCUT2D eigenvalue weighted by Crippen LogP contribution is 2.41. The van der Waals surface area contributed by atoms with E-state index in [2.05, 4.69) is 44.5 Å². The van der Waals surface area contributed by atoms with Crippen LogP contribution < -0.4 is 5.32 Å². The Bertz CT molecular complexity index is 1110. The number of carbonyl (C=O) groups excluding carboxylic acids is 1. The molecule has 3 heterocycles. The van der Waals surface area contributed by atoms with Gasteiger partial charge in [-0.25, -0.2) is 9.97 Å². The lowest BCUT2D eigenvalue weighted by Crippen LogP contribution is -2.14. The van der Waals surface area contributed by atoms with Crippen molar-refractivity contribution >= 4 is 55.7 Å². The number of thioether (sulfide) groups is 1. The molecule has 1 aromatic carbocycles. The number of amides is 1. The fourth-order valence-corrected chi connectivity index (χ4v) is 5.21. The Morgan fingerprint density at radius 1 is 1.11 bits per heavy atom. The molecular weight excluding hydrogens is 398 g/mol. The number of rotatable bonds is 5. The predicted octanol–water partition coefficient (Wildman–Crippen LogP) is 4.56. The van der Waals surface area contributed by atoms with Gasteiger partial charge in [-0.1, -0.05) is 53.4 Å². The van der Waals surface area contributed by atoms with E-state index in [0.717, 1.165) is 31.4 Å². The van der Waals surface area contributed by atoms with Crippen LogP contribution in [0.2, 0.25) is 0 Å². The molecule has 0 saturated heterocycles. The van der Waals surface area contributed by atoms with Crippen LogP contribution in [0.5, 0.6) is 0 Å². The molecule has 4 aromatic rings. The maximum atomic E-state index is 12.3. The maximum absolute atomic E-state index is 12.3. The highest BCUT2D eigenvalue weighted by atomic mass is 32.2. The van der Waals surface area contributed by atoms with Crippen LogP contribution in [-0.2, 0) is 4.79 Å². The van der Waals surface area contributed by atoms with E-state index in [1.165, 1.54) is 28.0 Å². The summed E-state index contributed by atoms with van der Waals surface area (Å²) in [6.07, 6.45) is 1.56. The second kappa shape index (κ2) is 7.71. The van der Waals surface area contributed by atoms with Gasteiger partial charge in [-0.2, -0.15) is 0 Å². The summed E-state index contributed by atoms with van der Waals surface area (Å²) in [7, 11) is 0. The molecule has 1 N–H and O–H groups in total. The fourth-order valence-electron chi connectivity index (χ4n) is 2.72. The lowest BCUT2D eigenvalue weighted by molar-refractivity contribution is -0.113. The summed E-state index contributed by atoms with van der Waals surface area (Å²) < 4.78 is 0. The monoisotopic (exact) mass is 413 g/mol. The van der Waals surface area contributed by atoms with Crippen LogP contribution in [0.4, 0.5) is 5.13 Å². The highest BCUT2D eigenvalue weighted by Gasteiger charge is 2.18. The standard InChI is InChI=1S/C18H15N5OS3/c1-10-14(12-6-4-3-5-7-12)15-16(19-9-20-17(15)26-10)25-8-13(24)21-18-23-22-11(2)27-18/h3-7,9H,8H2,1-2H3,(H,21,23,24). The van der Waals surface area contributed by atoms with Crippen molar-refractivity contribution in [1.82, 2.24) is 20.2 Å². The number of benzene rings is 1. The molecule has 4 rings (SSSR count). The minimum absolute atomic E-state index is 0.129. The Morgan fingerprint density at radius 2 is 1.93 bits per heavy atom. The quantitative estimate of drug-likeness (QED) is 0.382. The predicted molar refractivity (Wildman–Crippen MR) is 112 cm³/mol. The van der Waals surface area contributed by atoms with E-state index < -0.39 is 0 Å². The fraction of sp³-hybridized carbons (Fsp3) is 0.167. The average molecular weight is 414 g/mol. The van der Waals surface area contributed by atoms with Gasteiger partial charge in [0.25, 0.3) is 0 Å². The Hall–Kier alpha value is -2.36. The summed E-state index contributed by atoms with van der Waals surface area (Å²) in [6.45, 7) is 3.94. The molecule has 0 bridgehead atoms. The highest BCUT2D eigenvalue weighted by molar-refractivity contribution is 8.00. The van der Waals surface area contributed by atoms with Crippen molar-refractivity contribution in [1.29, 1.82) is 0 Å². The number of hydrogen-bond donors (Lipinski definition) is 1. The van der Waals surface area contributed by atoms with Crippen molar-refractivity contribution in [2.45, 2.75) is 18.9 Å². The van der Waals surface area contributed by atoms with Gasteiger partial charge in [0.1, 0.15) is 21.2 Å². The molecule has 0 spiro atoms. The number of hydrogen-bond acceptors (Lipinski definition) is 8. The van der Waals surface area contributed by atoms with Crippen LogP contribution in [0.1, 0.15) is 9.88 Å². The van der Waals surface area contributed by atoms with E-state index in [4.69, 9.17) is 0 Å². The number of carbonyl (C=O) groups is 1. The van der Waals surface area contributed by atoms with Crippen molar-refractivity contribution in [2.75, 3.05) is 11.1 Å². The Morgan fingerprint density at radius 3 is 2.67 bits per heavy atom. The molecule has 136 valence electrons. The van der Waals surface area contributed by atoms with Crippen LogP contribution >= 0.6 is 34.4 Å². The summed E-state index contributed by atoms with van der Waals surface area (Å²) >= 11 is 4.41. The maximum Gasteiger partial charge on any atom is 0.236 e. The Kier molecular flexibility index (Phi) is 5.15. The molecule has 0 fully saturated rings. The summed E-state index contributed by atoms with van der Waals surface area (Å²) in [5, 5.41) is 13.8. The minimum atomic E-state index is -0.129. The molecule has 27 heavy (non-hydrogen) atoms. The third-order valence-corrected chi connectivity index (χ3v) is 6.56. The van der Waals surface area contributed by atoms with Crippen molar-refractivity contribution in [3.05, 3.63) is 46.5 Å². The summed E-state index contributed by atoms with van der Waals surface area (Å²) in [4.78, 5) is 23.2. The smallest absolute Gasteiger partial charge is 0.236 e. The van der Waals surface area contributed by atoms with Gasteiger partial charge in [0.05, 0.1) is 11.1 Å². The number of aromatic nitrogens is 4. The van der Waals surface area contributed by atoms with Crippen molar-refractivity contribution in [3.8, 4) is 11.1 Å². The molecule has 0 saturated carbocycles. The first-order valence-electron chi connectivity index (χ1n) is 8.14. The van der Waals surface area contributed by atoms with E-state index in [-0.39, 0.29) is 11.7 Å². The third-order valence-electron chi connectivity index (χ3n) is 3.80. The number of fused-ring (bicyclic) bond motifs is 1. The molecule has 3 aromatic heterocycles. The molecule has 9 heteroatoms. The Labute approximate surface area is 168 Å². The van der Waals surface area contributed by atoms with Crippen molar-refractivity contribution in [2.24, 2.45) is 0 Å². The normalized spacial score (nSPS) is 11.0. The largest absolute Gasteiger partial charge is 0.300 e. The van der Waals surface area contributed by atoms with Crippen LogP contribution in [-0.4, -0.2) is 31.8 Å². The number of thiophene rings is 1. The van der Waals surface area contributed by atoms with Crippen LogP contribution in [0.15, 0.2) is 41.7 Å². The van der Waals surface area contributed by atoms with E-state index in [9.17, 15) is 4.79 Å². The number of anilines is 1. The second-order valence-electron chi connectivity index (χ2n) is 5.72. The topological polar surface area (TPSA) is 80.7 Å². The van der Waals surface area contributed by atoms with E-state index in [1.807, 2.05) is 25.1 Å². The molecule has 0 aliphatic carbocycles. The molecule has 0 unspecified atom stereocenters. The van der Waals surface area contributed by atoms with Gasteiger partial charge in [0.2, 0.25) is 11.0 Å². The molecule has 0 radical (unpaired) electrons. The van der Waals surface area contributed by atoms with Gasteiger partial charge in [0.15, 0.2) is 0 Å². The summed E-state index contributed by atoms with van der Waals surface area (Å²) in [5.74, 6) is 0.115.